The summed E-state index contributed by atoms with van der Waals surface area (Å²) in [6, 6.07) is 2.10. The zero-order valence-corrected chi connectivity index (χ0v) is 9.80. The first-order valence-corrected chi connectivity index (χ1v) is 5.41. The average Bonchev–Trinajstić information content (AvgIpc) is 2.47. The van der Waals surface area contributed by atoms with Gasteiger partial charge in [0.15, 0.2) is 0 Å². The van der Waals surface area contributed by atoms with Crippen LogP contribution < -0.4 is 0 Å². The van der Waals surface area contributed by atoms with Crippen LogP contribution in [0.3, 0.4) is 0 Å². The lowest BCUT2D eigenvalue weighted by Gasteiger charge is -2.07. The fraction of sp³-hybridized carbons (Fsp3) is 0.600. The van der Waals surface area contributed by atoms with Crippen LogP contribution in [0.25, 0.3) is 0 Å². The number of aryl methyl sites for hydroxylation is 1. The van der Waals surface area contributed by atoms with Gasteiger partial charge in [0, 0.05) is 36.6 Å². The Morgan fingerprint density at radius 2 is 2.31 bits per heavy atom. The third-order valence-corrected chi connectivity index (χ3v) is 2.83. The molecule has 3 heteroatoms. The molecule has 0 N–H and O–H groups in total. The highest BCUT2D eigenvalue weighted by molar-refractivity contribution is 9.10. The predicted octanol–water partition coefficient (Wildman–Crippen LogP) is 2.85. The van der Waals surface area contributed by atoms with Crippen LogP contribution in [-0.4, -0.2) is 18.3 Å². The Morgan fingerprint density at radius 3 is 2.92 bits per heavy atom. The smallest absolute Gasteiger partial charge is 0.0479 e. The summed E-state index contributed by atoms with van der Waals surface area (Å²) in [6.07, 6.45) is 4.27. The molecule has 0 aliphatic carbocycles. The van der Waals surface area contributed by atoms with E-state index < -0.39 is 0 Å². The number of hydrogen-bond donors (Lipinski definition) is 0. The molecule has 0 saturated carbocycles. The second-order valence-corrected chi connectivity index (χ2v) is 3.86. The molecule has 0 saturated heterocycles. The second-order valence-electron chi connectivity index (χ2n) is 3.00. The minimum absolute atomic E-state index is 0.832. The maximum absolute atomic E-state index is 5.02. The Morgan fingerprint density at radius 1 is 1.54 bits per heavy atom. The maximum Gasteiger partial charge on any atom is 0.0479 e. The molecule has 0 amide bonds. The van der Waals surface area contributed by atoms with Crippen LogP contribution in [0.4, 0.5) is 0 Å². The van der Waals surface area contributed by atoms with Crippen molar-refractivity contribution in [1.82, 2.24) is 4.57 Å². The van der Waals surface area contributed by atoms with Gasteiger partial charge in [-0.2, -0.15) is 0 Å². The van der Waals surface area contributed by atoms with Crippen LogP contribution in [0.1, 0.15) is 19.0 Å². The van der Waals surface area contributed by atoms with Gasteiger partial charge in [0.2, 0.25) is 0 Å². The highest BCUT2D eigenvalue weighted by Crippen LogP contribution is 2.18. The topological polar surface area (TPSA) is 14.2 Å². The molecular weight excluding hydrogens is 230 g/mol. The number of rotatable bonds is 5. The Bertz CT molecular complexity index is 257. The minimum Gasteiger partial charge on any atom is -0.385 e. The number of methoxy groups -OCH3 is 1. The highest BCUT2D eigenvalue weighted by atomic mass is 79.9. The van der Waals surface area contributed by atoms with Crippen molar-refractivity contribution in [3.8, 4) is 0 Å². The number of nitrogens with zero attached hydrogens (tertiary/aromatic N) is 1. The van der Waals surface area contributed by atoms with Gasteiger partial charge in [0.05, 0.1) is 0 Å². The fourth-order valence-corrected chi connectivity index (χ4v) is 2.07. The summed E-state index contributed by atoms with van der Waals surface area (Å²) >= 11 is 3.53. The first-order chi connectivity index (χ1) is 6.29. The highest BCUT2D eigenvalue weighted by Gasteiger charge is 2.03. The van der Waals surface area contributed by atoms with Gasteiger partial charge in [0.1, 0.15) is 0 Å². The molecule has 0 fully saturated rings. The third-order valence-electron chi connectivity index (χ3n) is 2.11. The van der Waals surface area contributed by atoms with Crippen molar-refractivity contribution in [1.29, 1.82) is 0 Å². The molecule has 1 rings (SSSR count). The monoisotopic (exact) mass is 245 g/mol. The Labute approximate surface area is 88.0 Å². The zero-order valence-electron chi connectivity index (χ0n) is 8.22. The van der Waals surface area contributed by atoms with Crippen molar-refractivity contribution in [2.75, 3.05) is 13.7 Å². The summed E-state index contributed by atoms with van der Waals surface area (Å²) in [5, 5.41) is 0. The fourth-order valence-electron chi connectivity index (χ4n) is 1.44. The van der Waals surface area contributed by atoms with E-state index in [9.17, 15) is 0 Å². The molecule has 0 aliphatic heterocycles. The zero-order chi connectivity index (χ0) is 9.68. The van der Waals surface area contributed by atoms with Crippen LogP contribution in [0.2, 0.25) is 0 Å². The van der Waals surface area contributed by atoms with Crippen molar-refractivity contribution in [3.05, 3.63) is 22.4 Å². The molecule has 0 unspecified atom stereocenters. The molecule has 1 aromatic rings. The SMILES string of the molecule is CCc1c(Br)ccn1CCCOC. The molecule has 13 heavy (non-hydrogen) atoms. The lowest BCUT2D eigenvalue weighted by atomic mass is 10.3. The molecule has 2 nitrogen and oxygen atoms in total. The lowest BCUT2D eigenvalue weighted by molar-refractivity contribution is 0.190. The standard InChI is InChI=1S/C10H16BrNO/c1-3-10-9(11)5-7-12(10)6-4-8-13-2/h5,7H,3-4,6,8H2,1-2H3. The van der Waals surface area contributed by atoms with E-state index in [1.807, 2.05) is 0 Å². The van der Waals surface area contributed by atoms with Crippen molar-refractivity contribution >= 4 is 15.9 Å². The summed E-state index contributed by atoms with van der Waals surface area (Å²) < 4.78 is 8.51. The third kappa shape index (κ3) is 2.85. The molecule has 1 heterocycles. The largest absolute Gasteiger partial charge is 0.385 e. The maximum atomic E-state index is 5.02. The second kappa shape index (κ2) is 5.45. The van der Waals surface area contributed by atoms with Gasteiger partial charge in [-0.05, 0) is 34.8 Å². The molecule has 0 bridgehead atoms. The van der Waals surface area contributed by atoms with Gasteiger partial charge in [-0.1, -0.05) is 6.92 Å². The Hall–Kier alpha value is -0.280. The number of ether oxygens (including phenoxy) is 1. The van der Waals surface area contributed by atoms with Gasteiger partial charge in [-0.15, -0.1) is 0 Å². The van der Waals surface area contributed by atoms with E-state index in [0.29, 0.717) is 0 Å². The Balaban J connectivity index is 2.55. The summed E-state index contributed by atoms with van der Waals surface area (Å²) in [5.74, 6) is 0. The Kier molecular flexibility index (Phi) is 4.53. The van der Waals surface area contributed by atoms with E-state index >= 15 is 0 Å². The van der Waals surface area contributed by atoms with Crippen LogP contribution >= 0.6 is 15.9 Å². The van der Waals surface area contributed by atoms with Crippen molar-refractivity contribution in [3.63, 3.8) is 0 Å². The van der Waals surface area contributed by atoms with Gasteiger partial charge in [0.25, 0.3) is 0 Å². The lowest BCUT2D eigenvalue weighted by Crippen LogP contribution is -2.03. The molecule has 1 aromatic heterocycles. The van der Waals surface area contributed by atoms with Crippen LogP contribution in [0.5, 0.6) is 0 Å². The molecule has 74 valence electrons. The van der Waals surface area contributed by atoms with Gasteiger partial charge >= 0.3 is 0 Å². The molecule has 0 aromatic carbocycles. The van der Waals surface area contributed by atoms with Crippen LogP contribution in [0, 0.1) is 0 Å². The molecule has 0 aliphatic rings. The molecule has 0 spiro atoms. The molecule has 0 radical (unpaired) electrons. The van der Waals surface area contributed by atoms with E-state index in [2.05, 4.69) is 39.7 Å². The van der Waals surface area contributed by atoms with Crippen LogP contribution in [-0.2, 0) is 17.7 Å². The van der Waals surface area contributed by atoms with E-state index in [1.165, 1.54) is 10.2 Å². The van der Waals surface area contributed by atoms with Gasteiger partial charge in [-0.25, -0.2) is 0 Å². The average molecular weight is 246 g/mol. The number of halogens is 1. The quantitative estimate of drug-likeness (QED) is 0.728. The van der Waals surface area contributed by atoms with Gasteiger partial charge in [-0.3, -0.25) is 0 Å². The summed E-state index contributed by atoms with van der Waals surface area (Å²) in [5.41, 5.74) is 1.37. The first kappa shape index (κ1) is 10.8. The van der Waals surface area contributed by atoms with E-state index in [1.54, 1.807) is 7.11 Å². The minimum atomic E-state index is 0.832. The van der Waals surface area contributed by atoms with Crippen molar-refractivity contribution in [2.45, 2.75) is 26.3 Å². The van der Waals surface area contributed by atoms with E-state index in [-0.39, 0.29) is 0 Å². The summed E-state index contributed by atoms with van der Waals surface area (Å²) in [4.78, 5) is 0. The first-order valence-electron chi connectivity index (χ1n) is 4.62. The molecular formula is C10H16BrNO. The van der Waals surface area contributed by atoms with Crippen molar-refractivity contribution < 1.29 is 4.74 Å². The number of hydrogen-bond acceptors (Lipinski definition) is 1. The van der Waals surface area contributed by atoms with E-state index in [0.717, 1.165) is 26.0 Å². The molecule has 0 atom stereocenters. The normalized spacial score (nSPS) is 10.7. The van der Waals surface area contributed by atoms with Crippen molar-refractivity contribution in [2.24, 2.45) is 0 Å². The summed E-state index contributed by atoms with van der Waals surface area (Å²) in [7, 11) is 1.74. The van der Waals surface area contributed by atoms with Crippen LogP contribution in [0.15, 0.2) is 16.7 Å². The van der Waals surface area contributed by atoms with Gasteiger partial charge < -0.3 is 9.30 Å². The predicted molar refractivity (Wildman–Crippen MR) is 58.0 cm³/mol. The van der Waals surface area contributed by atoms with E-state index in [4.69, 9.17) is 4.74 Å². The summed E-state index contributed by atoms with van der Waals surface area (Å²) in [6.45, 7) is 4.05. The number of aromatic nitrogens is 1.